The van der Waals surface area contributed by atoms with Crippen molar-refractivity contribution >= 4 is 11.8 Å². The summed E-state index contributed by atoms with van der Waals surface area (Å²) in [5, 5.41) is 3.13. The molecule has 4 rings (SSSR count). The van der Waals surface area contributed by atoms with E-state index < -0.39 is 5.54 Å². The quantitative estimate of drug-likeness (QED) is 0.887. The number of likely N-dealkylation sites (tertiary alicyclic amines) is 1. The van der Waals surface area contributed by atoms with Gasteiger partial charge in [-0.3, -0.25) is 9.59 Å². The van der Waals surface area contributed by atoms with Gasteiger partial charge in [0.2, 0.25) is 0 Å². The highest BCUT2D eigenvalue weighted by Crippen LogP contribution is 2.30. The lowest BCUT2D eigenvalue weighted by Gasteiger charge is -2.42. The van der Waals surface area contributed by atoms with Crippen molar-refractivity contribution in [1.29, 1.82) is 0 Å². The molecule has 0 bridgehead atoms. The Bertz CT molecular complexity index is 882. The van der Waals surface area contributed by atoms with Gasteiger partial charge in [0, 0.05) is 13.1 Å². The van der Waals surface area contributed by atoms with Crippen LogP contribution in [-0.4, -0.2) is 49.1 Å². The molecule has 1 spiro atoms. The van der Waals surface area contributed by atoms with E-state index in [4.69, 9.17) is 9.47 Å². The lowest BCUT2D eigenvalue weighted by atomic mass is 9.89. The topological polar surface area (TPSA) is 67.9 Å². The number of amides is 2. The second-order valence-electron chi connectivity index (χ2n) is 7.05. The molecule has 2 aliphatic rings. The minimum atomic E-state index is -0.591. The molecule has 0 aromatic heterocycles. The predicted octanol–water partition coefficient (Wildman–Crippen LogP) is 2.49. The molecule has 2 heterocycles. The van der Waals surface area contributed by atoms with Gasteiger partial charge in [0.1, 0.15) is 18.1 Å². The molecule has 6 heteroatoms. The van der Waals surface area contributed by atoms with Gasteiger partial charge in [-0.2, -0.15) is 0 Å². The van der Waals surface area contributed by atoms with E-state index in [1.807, 2.05) is 24.3 Å². The molecule has 0 aliphatic carbocycles. The Morgan fingerprint density at radius 3 is 2.81 bits per heavy atom. The van der Waals surface area contributed by atoms with Gasteiger partial charge in [-0.1, -0.05) is 24.3 Å². The third-order valence-electron chi connectivity index (χ3n) is 5.22. The Morgan fingerprint density at radius 2 is 1.96 bits per heavy atom. The first-order valence-electron chi connectivity index (χ1n) is 9.08. The Morgan fingerprint density at radius 1 is 1.19 bits per heavy atom. The number of nitrogens with zero attached hydrogens (tertiary/aromatic N) is 1. The maximum Gasteiger partial charge on any atom is 0.257 e. The zero-order valence-electron chi connectivity index (χ0n) is 15.2. The monoisotopic (exact) mass is 366 g/mol. The summed E-state index contributed by atoms with van der Waals surface area (Å²) in [6.45, 7) is 1.39. The summed E-state index contributed by atoms with van der Waals surface area (Å²) < 4.78 is 11.3. The van der Waals surface area contributed by atoms with Gasteiger partial charge in [-0.15, -0.1) is 0 Å². The van der Waals surface area contributed by atoms with Crippen LogP contribution in [0.5, 0.6) is 11.5 Å². The predicted molar refractivity (Wildman–Crippen MR) is 100 cm³/mol. The fourth-order valence-corrected chi connectivity index (χ4v) is 3.86. The number of carbonyl (C=O) groups is 2. The Hall–Kier alpha value is -3.02. The molecule has 2 aliphatic heterocycles. The van der Waals surface area contributed by atoms with Crippen LogP contribution in [0.2, 0.25) is 0 Å². The molecule has 0 radical (unpaired) electrons. The molecule has 1 atom stereocenters. The molecule has 0 saturated carbocycles. The van der Waals surface area contributed by atoms with Crippen LogP contribution in [0.15, 0.2) is 48.5 Å². The molecule has 2 aromatic rings. The highest BCUT2D eigenvalue weighted by molar-refractivity contribution is 5.98. The average molecular weight is 366 g/mol. The van der Waals surface area contributed by atoms with Gasteiger partial charge in [-0.25, -0.2) is 0 Å². The van der Waals surface area contributed by atoms with Crippen molar-refractivity contribution in [3.63, 3.8) is 0 Å². The van der Waals surface area contributed by atoms with Crippen molar-refractivity contribution in [1.82, 2.24) is 10.2 Å². The van der Waals surface area contributed by atoms with Crippen LogP contribution in [0.3, 0.4) is 0 Å². The van der Waals surface area contributed by atoms with Crippen LogP contribution < -0.4 is 14.8 Å². The molecule has 1 saturated heterocycles. The Balaban J connectivity index is 1.58. The standard InChI is InChI=1S/C21H22N2O4/c1-26-17-9-4-3-8-16(17)20(25)23-12-6-11-21(13-23)14-27-18-10-5-2-7-15(18)19(24)22-21/h2-5,7-10H,6,11-14H2,1H3,(H,22,24). The number of rotatable bonds is 2. The fraction of sp³-hybridized carbons (Fsp3) is 0.333. The van der Waals surface area contributed by atoms with E-state index in [1.54, 1.807) is 36.3 Å². The SMILES string of the molecule is COc1ccccc1C(=O)N1CCCC2(COc3ccccc3C(=O)N2)C1. The van der Waals surface area contributed by atoms with Crippen molar-refractivity contribution < 1.29 is 19.1 Å². The first-order chi connectivity index (χ1) is 13.1. The second-order valence-corrected chi connectivity index (χ2v) is 7.05. The number of hydrogen-bond donors (Lipinski definition) is 1. The summed E-state index contributed by atoms with van der Waals surface area (Å²) in [5.74, 6) is 0.882. The smallest absolute Gasteiger partial charge is 0.257 e. The fourth-order valence-electron chi connectivity index (χ4n) is 3.86. The van der Waals surface area contributed by atoms with Crippen molar-refractivity contribution in [2.24, 2.45) is 0 Å². The van der Waals surface area contributed by atoms with E-state index in [0.29, 0.717) is 42.3 Å². The average Bonchev–Trinajstić information content (AvgIpc) is 2.84. The molecular weight excluding hydrogens is 344 g/mol. The van der Waals surface area contributed by atoms with Gasteiger partial charge in [0.15, 0.2) is 0 Å². The van der Waals surface area contributed by atoms with Crippen molar-refractivity contribution in [3.8, 4) is 11.5 Å². The highest BCUT2D eigenvalue weighted by Gasteiger charge is 2.42. The first kappa shape index (κ1) is 17.4. The van der Waals surface area contributed by atoms with E-state index in [-0.39, 0.29) is 11.8 Å². The molecule has 1 unspecified atom stereocenters. The summed E-state index contributed by atoms with van der Waals surface area (Å²) in [7, 11) is 1.56. The number of fused-ring (bicyclic) bond motifs is 1. The number of methoxy groups -OCH3 is 1. The first-order valence-corrected chi connectivity index (χ1v) is 9.08. The minimum absolute atomic E-state index is 0.0949. The molecule has 27 heavy (non-hydrogen) atoms. The minimum Gasteiger partial charge on any atom is -0.496 e. The van der Waals surface area contributed by atoms with Gasteiger partial charge in [-0.05, 0) is 37.1 Å². The number of piperidine rings is 1. The van der Waals surface area contributed by atoms with E-state index in [2.05, 4.69) is 5.32 Å². The van der Waals surface area contributed by atoms with Crippen LogP contribution in [-0.2, 0) is 0 Å². The zero-order valence-corrected chi connectivity index (χ0v) is 15.2. The van der Waals surface area contributed by atoms with Gasteiger partial charge in [0.05, 0.1) is 23.8 Å². The number of benzene rings is 2. The summed E-state index contributed by atoms with van der Waals surface area (Å²) in [4.78, 5) is 27.6. The van der Waals surface area contributed by atoms with Crippen molar-refractivity contribution in [3.05, 3.63) is 59.7 Å². The van der Waals surface area contributed by atoms with Crippen LogP contribution in [0.1, 0.15) is 33.6 Å². The molecule has 2 aromatic carbocycles. The summed E-state index contributed by atoms with van der Waals surface area (Å²) >= 11 is 0. The van der Waals surface area contributed by atoms with Crippen LogP contribution in [0.25, 0.3) is 0 Å². The van der Waals surface area contributed by atoms with Crippen LogP contribution >= 0.6 is 0 Å². The Labute approximate surface area is 158 Å². The van der Waals surface area contributed by atoms with Crippen molar-refractivity contribution in [2.45, 2.75) is 18.4 Å². The highest BCUT2D eigenvalue weighted by atomic mass is 16.5. The molecule has 1 N–H and O–H groups in total. The van der Waals surface area contributed by atoms with E-state index >= 15 is 0 Å². The van der Waals surface area contributed by atoms with E-state index in [0.717, 1.165) is 12.8 Å². The lowest BCUT2D eigenvalue weighted by molar-refractivity contribution is 0.0487. The largest absolute Gasteiger partial charge is 0.496 e. The Kier molecular flexibility index (Phi) is 4.48. The van der Waals surface area contributed by atoms with Crippen molar-refractivity contribution in [2.75, 3.05) is 26.8 Å². The number of carbonyl (C=O) groups excluding carboxylic acids is 2. The lowest BCUT2D eigenvalue weighted by Crippen LogP contribution is -2.61. The van der Waals surface area contributed by atoms with Gasteiger partial charge < -0.3 is 19.7 Å². The van der Waals surface area contributed by atoms with Gasteiger partial charge in [0.25, 0.3) is 11.8 Å². The zero-order chi connectivity index (χ0) is 18.9. The summed E-state index contributed by atoms with van der Waals surface area (Å²) in [6.07, 6.45) is 1.56. The summed E-state index contributed by atoms with van der Waals surface area (Å²) in [6, 6.07) is 14.4. The maximum absolute atomic E-state index is 13.1. The van der Waals surface area contributed by atoms with E-state index in [1.165, 1.54) is 0 Å². The van der Waals surface area contributed by atoms with Crippen LogP contribution in [0, 0.1) is 0 Å². The third-order valence-corrected chi connectivity index (χ3v) is 5.22. The normalized spacial score (nSPS) is 21.7. The van der Waals surface area contributed by atoms with Crippen LogP contribution in [0.4, 0.5) is 0 Å². The van der Waals surface area contributed by atoms with Gasteiger partial charge >= 0.3 is 0 Å². The maximum atomic E-state index is 13.1. The summed E-state index contributed by atoms with van der Waals surface area (Å²) in [5.41, 5.74) is 0.468. The molecule has 2 amide bonds. The number of ether oxygens (including phenoxy) is 2. The third kappa shape index (κ3) is 3.23. The van der Waals surface area contributed by atoms with E-state index in [9.17, 15) is 9.59 Å². The molecule has 1 fully saturated rings. The number of nitrogens with one attached hydrogen (secondary N) is 1. The molecular formula is C21H22N2O4. The molecule has 6 nitrogen and oxygen atoms in total. The molecule has 140 valence electrons. The second kappa shape index (κ2) is 6.95. The number of hydrogen-bond acceptors (Lipinski definition) is 4. The number of para-hydroxylation sites is 2.